The Morgan fingerprint density at radius 2 is 1.68 bits per heavy atom. The molecule has 0 radical (unpaired) electrons. The first-order chi connectivity index (χ1) is 12.0. The fourth-order valence-corrected chi connectivity index (χ4v) is 3.56. The highest BCUT2D eigenvalue weighted by atomic mass is 16.1. The van der Waals surface area contributed by atoms with E-state index < -0.39 is 0 Å². The van der Waals surface area contributed by atoms with Crippen LogP contribution in [0.4, 0.5) is 0 Å². The van der Waals surface area contributed by atoms with Crippen molar-refractivity contribution in [1.82, 2.24) is 9.80 Å². The maximum atomic E-state index is 11.6. The van der Waals surface area contributed by atoms with Gasteiger partial charge in [-0.2, -0.15) is 0 Å². The lowest BCUT2D eigenvalue weighted by Crippen LogP contribution is -2.28. The monoisotopic (exact) mass is 336 g/mol. The molecule has 1 fully saturated rings. The van der Waals surface area contributed by atoms with Crippen molar-refractivity contribution in [1.29, 1.82) is 0 Å². The van der Waals surface area contributed by atoms with Crippen molar-refractivity contribution in [2.24, 2.45) is 0 Å². The van der Waals surface area contributed by atoms with Crippen LogP contribution in [-0.4, -0.2) is 48.8 Å². The lowest BCUT2D eigenvalue weighted by atomic mass is 9.97. The van der Waals surface area contributed by atoms with Gasteiger partial charge < -0.3 is 4.90 Å². The number of ketones is 1. The summed E-state index contributed by atoms with van der Waals surface area (Å²) in [6.45, 7) is 9.32. The minimum absolute atomic E-state index is 0.127. The summed E-state index contributed by atoms with van der Waals surface area (Å²) in [7, 11) is 2.21. The van der Waals surface area contributed by atoms with E-state index in [1.54, 1.807) is 6.92 Å². The van der Waals surface area contributed by atoms with Crippen LogP contribution in [0.2, 0.25) is 0 Å². The number of carbonyl (C=O) groups excluding carboxylic acids is 1. The lowest BCUT2D eigenvalue weighted by molar-refractivity contribution is 0.101. The van der Waals surface area contributed by atoms with E-state index in [1.807, 2.05) is 19.1 Å². The van der Waals surface area contributed by atoms with E-state index in [4.69, 9.17) is 0 Å². The maximum absolute atomic E-state index is 11.6. The summed E-state index contributed by atoms with van der Waals surface area (Å²) in [5.41, 5.74) is 5.60. The Labute approximate surface area is 151 Å². The standard InChI is InChI=1S/C22H28N2O/c1-17-15-21(9-10-22(17)18(2)25)20-7-5-19(6-8-20)16-24-12-4-11-23(3)13-14-24/h5-10,15H,4,11-14,16H2,1-3H3. The highest BCUT2D eigenvalue weighted by molar-refractivity contribution is 5.96. The molecular weight excluding hydrogens is 308 g/mol. The third kappa shape index (κ3) is 4.56. The zero-order valence-corrected chi connectivity index (χ0v) is 15.6. The first-order valence-electron chi connectivity index (χ1n) is 9.15. The van der Waals surface area contributed by atoms with Gasteiger partial charge in [-0.05, 0) is 62.7 Å². The Morgan fingerprint density at radius 3 is 2.36 bits per heavy atom. The summed E-state index contributed by atoms with van der Waals surface area (Å²) >= 11 is 0. The molecule has 1 saturated heterocycles. The van der Waals surface area contributed by atoms with Gasteiger partial charge in [0.05, 0.1) is 0 Å². The predicted molar refractivity (Wildman–Crippen MR) is 104 cm³/mol. The topological polar surface area (TPSA) is 23.6 Å². The van der Waals surface area contributed by atoms with Crippen molar-refractivity contribution < 1.29 is 4.79 Å². The van der Waals surface area contributed by atoms with E-state index in [2.05, 4.69) is 47.2 Å². The van der Waals surface area contributed by atoms with Crippen LogP contribution < -0.4 is 0 Å². The zero-order valence-electron chi connectivity index (χ0n) is 15.6. The summed E-state index contributed by atoms with van der Waals surface area (Å²) in [6.07, 6.45) is 1.25. The van der Waals surface area contributed by atoms with Gasteiger partial charge in [0.1, 0.15) is 0 Å². The molecule has 3 rings (SSSR count). The maximum Gasteiger partial charge on any atom is 0.160 e. The Hall–Kier alpha value is -1.97. The third-order valence-electron chi connectivity index (χ3n) is 5.11. The first-order valence-corrected chi connectivity index (χ1v) is 9.15. The highest BCUT2D eigenvalue weighted by Crippen LogP contribution is 2.23. The fourth-order valence-electron chi connectivity index (χ4n) is 3.56. The second-order valence-electron chi connectivity index (χ2n) is 7.22. The van der Waals surface area contributed by atoms with E-state index in [0.717, 1.165) is 30.8 Å². The summed E-state index contributed by atoms with van der Waals surface area (Å²) in [5.74, 6) is 0.127. The molecule has 1 heterocycles. The van der Waals surface area contributed by atoms with Gasteiger partial charge in [0.15, 0.2) is 5.78 Å². The molecule has 0 atom stereocenters. The number of hydrogen-bond donors (Lipinski definition) is 0. The number of benzene rings is 2. The van der Waals surface area contributed by atoms with Gasteiger partial charge in [-0.3, -0.25) is 9.69 Å². The van der Waals surface area contributed by atoms with E-state index in [1.165, 1.54) is 36.2 Å². The molecule has 0 aliphatic carbocycles. The average Bonchev–Trinajstić information content (AvgIpc) is 2.79. The number of Topliss-reactive ketones (excluding diaryl/α,β-unsaturated/α-hetero) is 1. The summed E-state index contributed by atoms with van der Waals surface area (Å²) in [6, 6.07) is 15.0. The van der Waals surface area contributed by atoms with Crippen molar-refractivity contribution in [3.05, 3.63) is 59.2 Å². The Balaban J connectivity index is 1.70. The predicted octanol–water partition coefficient (Wildman–Crippen LogP) is 4.00. The smallest absolute Gasteiger partial charge is 0.160 e. The van der Waals surface area contributed by atoms with Crippen LogP contribution in [0.15, 0.2) is 42.5 Å². The summed E-state index contributed by atoms with van der Waals surface area (Å²) in [4.78, 5) is 16.5. The van der Waals surface area contributed by atoms with Crippen LogP contribution in [0.5, 0.6) is 0 Å². The van der Waals surface area contributed by atoms with Crippen molar-refractivity contribution >= 4 is 5.78 Å². The van der Waals surface area contributed by atoms with Gasteiger partial charge >= 0.3 is 0 Å². The van der Waals surface area contributed by atoms with Gasteiger partial charge in [0, 0.05) is 25.2 Å². The van der Waals surface area contributed by atoms with Crippen molar-refractivity contribution in [2.45, 2.75) is 26.8 Å². The highest BCUT2D eigenvalue weighted by Gasteiger charge is 2.12. The van der Waals surface area contributed by atoms with Crippen LogP contribution in [0.25, 0.3) is 11.1 Å². The molecule has 2 aromatic carbocycles. The van der Waals surface area contributed by atoms with Gasteiger partial charge in [-0.25, -0.2) is 0 Å². The number of carbonyl (C=O) groups is 1. The molecule has 3 heteroatoms. The molecule has 0 saturated carbocycles. The molecule has 0 N–H and O–H groups in total. The number of aryl methyl sites for hydroxylation is 1. The van der Waals surface area contributed by atoms with Gasteiger partial charge in [0.2, 0.25) is 0 Å². The molecule has 3 nitrogen and oxygen atoms in total. The van der Waals surface area contributed by atoms with Crippen LogP contribution in [-0.2, 0) is 6.54 Å². The molecule has 132 valence electrons. The molecule has 2 aromatic rings. The molecule has 0 aromatic heterocycles. The Kier molecular flexibility index (Phi) is 5.67. The molecular formula is C22H28N2O. The van der Waals surface area contributed by atoms with Gasteiger partial charge in [-0.15, -0.1) is 0 Å². The minimum Gasteiger partial charge on any atom is -0.305 e. The van der Waals surface area contributed by atoms with E-state index in [9.17, 15) is 4.79 Å². The largest absolute Gasteiger partial charge is 0.305 e. The summed E-state index contributed by atoms with van der Waals surface area (Å²) < 4.78 is 0. The normalized spacial score (nSPS) is 16.6. The molecule has 0 amide bonds. The number of hydrogen-bond acceptors (Lipinski definition) is 3. The quantitative estimate of drug-likeness (QED) is 0.789. The molecule has 1 aliphatic rings. The van der Waals surface area contributed by atoms with Crippen LogP contribution in [0.1, 0.15) is 34.8 Å². The molecule has 0 bridgehead atoms. The van der Waals surface area contributed by atoms with Crippen LogP contribution in [0, 0.1) is 6.92 Å². The number of nitrogens with zero attached hydrogens (tertiary/aromatic N) is 2. The van der Waals surface area contributed by atoms with E-state index in [-0.39, 0.29) is 5.78 Å². The Morgan fingerprint density at radius 1 is 0.960 bits per heavy atom. The molecule has 25 heavy (non-hydrogen) atoms. The van der Waals surface area contributed by atoms with Gasteiger partial charge in [-0.1, -0.05) is 42.5 Å². The van der Waals surface area contributed by atoms with Crippen molar-refractivity contribution in [3.8, 4) is 11.1 Å². The van der Waals surface area contributed by atoms with E-state index in [0.29, 0.717) is 0 Å². The zero-order chi connectivity index (χ0) is 17.8. The van der Waals surface area contributed by atoms with Gasteiger partial charge in [0.25, 0.3) is 0 Å². The molecule has 1 aliphatic heterocycles. The van der Waals surface area contributed by atoms with Crippen molar-refractivity contribution in [2.75, 3.05) is 33.2 Å². The lowest BCUT2D eigenvalue weighted by Gasteiger charge is -2.20. The van der Waals surface area contributed by atoms with Crippen molar-refractivity contribution in [3.63, 3.8) is 0 Å². The fraction of sp³-hybridized carbons (Fsp3) is 0.409. The average molecular weight is 336 g/mol. The number of rotatable bonds is 4. The molecule has 0 spiro atoms. The van der Waals surface area contributed by atoms with E-state index >= 15 is 0 Å². The summed E-state index contributed by atoms with van der Waals surface area (Å²) in [5, 5.41) is 0. The third-order valence-corrected chi connectivity index (χ3v) is 5.11. The second kappa shape index (κ2) is 7.94. The minimum atomic E-state index is 0.127. The second-order valence-corrected chi connectivity index (χ2v) is 7.22. The number of likely N-dealkylation sites (N-methyl/N-ethyl adjacent to an activating group) is 1. The molecule has 0 unspecified atom stereocenters. The van der Waals surface area contributed by atoms with Crippen LogP contribution >= 0.6 is 0 Å². The first kappa shape index (κ1) is 17.8. The SMILES string of the molecule is CC(=O)c1ccc(-c2ccc(CN3CCCN(C)CC3)cc2)cc1C. The Bertz CT molecular complexity index is 736. The van der Waals surface area contributed by atoms with Crippen LogP contribution in [0.3, 0.4) is 0 Å².